The molecule has 0 radical (unpaired) electrons. The van der Waals surface area contributed by atoms with E-state index in [-0.39, 0.29) is 18.2 Å². The first kappa shape index (κ1) is 14.3. The highest BCUT2D eigenvalue weighted by atomic mass is 32.2. The summed E-state index contributed by atoms with van der Waals surface area (Å²) in [4.78, 5) is 8.54. The molecule has 1 saturated carbocycles. The molecule has 3 heterocycles. The molecule has 2 aromatic heterocycles. The van der Waals surface area contributed by atoms with Crippen LogP contribution in [0.15, 0.2) is 17.8 Å². The van der Waals surface area contributed by atoms with Crippen molar-refractivity contribution in [3.63, 3.8) is 0 Å². The minimum absolute atomic E-state index is 0.0116. The SMILES string of the molecule is CS(=O)(=O)N[C@@H]1[C@@H](Nc2ncnc3ccsc23)[C@H]2CCO[C@H]21. The Labute approximate surface area is 132 Å². The molecule has 2 fully saturated rings. The lowest BCUT2D eigenvalue weighted by molar-refractivity contribution is -0.00313. The second kappa shape index (κ2) is 5.12. The first-order valence-electron chi connectivity index (χ1n) is 7.06. The fourth-order valence-corrected chi connectivity index (χ4v) is 4.91. The zero-order valence-electron chi connectivity index (χ0n) is 11.9. The summed E-state index contributed by atoms with van der Waals surface area (Å²) in [6, 6.07) is 1.68. The second-order valence-corrected chi connectivity index (χ2v) is 8.43. The molecule has 7 nitrogen and oxygen atoms in total. The maximum atomic E-state index is 11.6. The van der Waals surface area contributed by atoms with Crippen molar-refractivity contribution in [2.45, 2.75) is 24.6 Å². The molecule has 0 spiro atoms. The number of hydrogen-bond donors (Lipinski definition) is 2. The lowest BCUT2D eigenvalue weighted by Crippen LogP contribution is -2.68. The summed E-state index contributed by atoms with van der Waals surface area (Å²) in [5.41, 5.74) is 0.897. The van der Waals surface area contributed by atoms with E-state index in [4.69, 9.17) is 4.74 Å². The van der Waals surface area contributed by atoms with Crippen molar-refractivity contribution in [2.24, 2.45) is 5.92 Å². The number of fused-ring (bicyclic) bond motifs is 2. The summed E-state index contributed by atoms with van der Waals surface area (Å²) in [5.74, 6) is 1.07. The van der Waals surface area contributed by atoms with E-state index in [1.54, 1.807) is 11.3 Å². The molecule has 2 aliphatic rings. The molecule has 1 aliphatic heterocycles. The zero-order valence-corrected chi connectivity index (χ0v) is 13.5. The number of nitrogens with one attached hydrogen (secondary N) is 2. The topological polar surface area (TPSA) is 93.2 Å². The van der Waals surface area contributed by atoms with Gasteiger partial charge in [0.25, 0.3) is 0 Å². The Hall–Kier alpha value is -1.29. The summed E-state index contributed by atoms with van der Waals surface area (Å²) in [6.07, 6.45) is 3.59. The van der Waals surface area contributed by atoms with Gasteiger partial charge in [-0.15, -0.1) is 11.3 Å². The van der Waals surface area contributed by atoms with Crippen LogP contribution in [0.5, 0.6) is 0 Å². The largest absolute Gasteiger partial charge is 0.376 e. The molecule has 1 aliphatic carbocycles. The minimum Gasteiger partial charge on any atom is -0.376 e. The Morgan fingerprint density at radius 1 is 1.36 bits per heavy atom. The summed E-state index contributed by atoms with van der Waals surface area (Å²) >= 11 is 1.57. The van der Waals surface area contributed by atoms with E-state index in [1.165, 1.54) is 12.6 Å². The van der Waals surface area contributed by atoms with Crippen molar-refractivity contribution in [3.8, 4) is 0 Å². The van der Waals surface area contributed by atoms with E-state index in [0.29, 0.717) is 12.5 Å². The number of rotatable bonds is 4. The predicted molar refractivity (Wildman–Crippen MR) is 84.4 cm³/mol. The highest BCUT2D eigenvalue weighted by molar-refractivity contribution is 7.88. The van der Waals surface area contributed by atoms with Gasteiger partial charge in [0.2, 0.25) is 10.0 Å². The van der Waals surface area contributed by atoms with Crippen LogP contribution < -0.4 is 10.0 Å². The van der Waals surface area contributed by atoms with Gasteiger partial charge in [-0.05, 0) is 17.9 Å². The number of thiophene rings is 1. The third-order valence-electron chi connectivity index (χ3n) is 4.28. The number of nitrogens with zero attached hydrogens (tertiary/aromatic N) is 2. The number of anilines is 1. The third kappa shape index (κ3) is 2.37. The van der Waals surface area contributed by atoms with Crippen LogP contribution in [0.25, 0.3) is 10.2 Å². The molecule has 0 bridgehead atoms. The van der Waals surface area contributed by atoms with E-state index in [2.05, 4.69) is 20.0 Å². The highest BCUT2D eigenvalue weighted by Crippen LogP contribution is 2.41. The lowest BCUT2D eigenvalue weighted by Gasteiger charge is -2.47. The minimum atomic E-state index is -3.28. The van der Waals surface area contributed by atoms with Crippen LogP contribution in [-0.4, -0.2) is 49.4 Å². The van der Waals surface area contributed by atoms with Crippen LogP contribution in [0.1, 0.15) is 6.42 Å². The fourth-order valence-electron chi connectivity index (χ4n) is 3.34. The Balaban J connectivity index is 1.61. The molecular weight excluding hydrogens is 324 g/mol. The van der Waals surface area contributed by atoms with Crippen LogP contribution >= 0.6 is 11.3 Å². The van der Waals surface area contributed by atoms with Gasteiger partial charge in [0.1, 0.15) is 12.1 Å². The molecule has 22 heavy (non-hydrogen) atoms. The molecule has 0 aromatic carbocycles. The van der Waals surface area contributed by atoms with Crippen molar-refractivity contribution in [2.75, 3.05) is 18.2 Å². The molecule has 9 heteroatoms. The molecule has 2 N–H and O–H groups in total. The van der Waals surface area contributed by atoms with Gasteiger partial charge in [-0.25, -0.2) is 23.1 Å². The highest BCUT2D eigenvalue weighted by Gasteiger charge is 2.55. The summed E-state index contributed by atoms with van der Waals surface area (Å²) in [7, 11) is -3.28. The van der Waals surface area contributed by atoms with Gasteiger partial charge >= 0.3 is 0 Å². The van der Waals surface area contributed by atoms with E-state index >= 15 is 0 Å². The van der Waals surface area contributed by atoms with Crippen molar-refractivity contribution in [1.29, 1.82) is 0 Å². The van der Waals surface area contributed by atoms with Crippen LogP contribution in [0.2, 0.25) is 0 Å². The zero-order chi connectivity index (χ0) is 15.3. The monoisotopic (exact) mass is 340 g/mol. The smallest absolute Gasteiger partial charge is 0.209 e. The molecular formula is C13H16N4O3S2. The normalized spacial score (nSPS) is 31.0. The van der Waals surface area contributed by atoms with Crippen molar-refractivity contribution in [1.82, 2.24) is 14.7 Å². The molecule has 4 rings (SSSR count). The van der Waals surface area contributed by atoms with Gasteiger partial charge in [-0.2, -0.15) is 0 Å². The van der Waals surface area contributed by atoms with Crippen molar-refractivity contribution in [3.05, 3.63) is 17.8 Å². The maximum absolute atomic E-state index is 11.6. The van der Waals surface area contributed by atoms with Gasteiger partial charge in [0.05, 0.1) is 34.7 Å². The van der Waals surface area contributed by atoms with E-state index < -0.39 is 10.0 Å². The van der Waals surface area contributed by atoms with Gasteiger partial charge in [0.15, 0.2) is 0 Å². The van der Waals surface area contributed by atoms with E-state index in [0.717, 1.165) is 22.5 Å². The molecule has 1 saturated heterocycles. The third-order valence-corrected chi connectivity index (χ3v) is 5.89. The Morgan fingerprint density at radius 2 is 2.23 bits per heavy atom. The van der Waals surface area contributed by atoms with Gasteiger partial charge in [-0.1, -0.05) is 0 Å². The van der Waals surface area contributed by atoms with Crippen LogP contribution in [-0.2, 0) is 14.8 Å². The quantitative estimate of drug-likeness (QED) is 0.855. The number of sulfonamides is 1. The molecule has 2 aromatic rings. The van der Waals surface area contributed by atoms with Crippen molar-refractivity contribution < 1.29 is 13.2 Å². The summed E-state index contributed by atoms with van der Waals surface area (Å²) in [5, 5.41) is 5.38. The Kier molecular flexibility index (Phi) is 3.33. The van der Waals surface area contributed by atoms with Crippen LogP contribution in [0.4, 0.5) is 5.82 Å². The summed E-state index contributed by atoms with van der Waals surface area (Å²) < 4.78 is 32.5. The van der Waals surface area contributed by atoms with Gasteiger partial charge < -0.3 is 10.1 Å². The number of hydrogen-bond acceptors (Lipinski definition) is 7. The van der Waals surface area contributed by atoms with Crippen LogP contribution in [0.3, 0.4) is 0 Å². The lowest BCUT2D eigenvalue weighted by atomic mass is 9.72. The average Bonchev–Trinajstić information content (AvgIpc) is 3.08. The van der Waals surface area contributed by atoms with E-state index in [9.17, 15) is 8.42 Å². The number of aromatic nitrogens is 2. The first-order valence-corrected chi connectivity index (χ1v) is 9.84. The fraction of sp³-hybridized carbons (Fsp3) is 0.538. The summed E-state index contributed by atoms with van der Waals surface area (Å²) in [6.45, 7) is 0.674. The molecule has 0 amide bonds. The molecule has 0 unspecified atom stereocenters. The van der Waals surface area contributed by atoms with Crippen molar-refractivity contribution >= 4 is 37.4 Å². The predicted octanol–water partition coefficient (Wildman–Crippen LogP) is 0.808. The van der Waals surface area contributed by atoms with Gasteiger partial charge in [-0.3, -0.25) is 0 Å². The first-order chi connectivity index (χ1) is 10.5. The van der Waals surface area contributed by atoms with E-state index in [1.807, 2.05) is 11.4 Å². The van der Waals surface area contributed by atoms with Gasteiger partial charge in [0, 0.05) is 12.5 Å². The Morgan fingerprint density at radius 3 is 3.05 bits per heavy atom. The second-order valence-electron chi connectivity index (χ2n) is 5.73. The molecule has 118 valence electrons. The average molecular weight is 340 g/mol. The Bertz CT molecular complexity index is 806. The number of ether oxygens (including phenoxy) is 1. The van der Waals surface area contributed by atoms with Crippen LogP contribution in [0, 0.1) is 5.92 Å². The molecule has 4 atom stereocenters. The standard InChI is InChI=1S/C13H16N4O3S2/c1-22(18,19)17-10-9(7-2-4-20-11(7)10)16-13-12-8(3-5-21-12)14-6-15-13/h3,5-7,9-11,17H,2,4H2,1H3,(H,14,15,16)/t7-,9+,10-,11-/m1/s1. The maximum Gasteiger partial charge on any atom is 0.209 e.